The van der Waals surface area contributed by atoms with E-state index in [4.69, 9.17) is 5.73 Å². The van der Waals surface area contributed by atoms with E-state index in [1.165, 1.54) is 0 Å². The van der Waals surface area contributed by atoms with E-state index in [2.05, 4.69) is 22.7 Å². The molecule has 0 radical (unpaired) electrons. The van der Waals surface area contributed by atoms with Crippen LogP contribution in [0.25, 0.3) is 0 Å². The Morgan fingerprint density at radius 1 is 1.40 bits per heavy atom. The predicted octanol–water partition coefficient (Wildman–Crippen LogP) is -1.000. The minimum absolute atomic E-state index is 0.219. The van der Waals surface area contributed by atoms with Crippen LogP contribution in [-0.4, -0.2) is 25.4 Å². The van der Waals surface area contributed by atoms with Gasteiger partial charge in [-0.1, -0.05) is 0 Å². The first-order chi connectivity index (χ1) is 7.09. The van der Waals surface area contributed by atoms with E-state index < -0.39 is 0 Å². The van der Waals surface area contributed by atoms with Gasteiger partial charge in [-0.15, -0.1) is 10.5 Å². The summed E-state index contributed by atoms with van der Waals surface area (Å²) in [6.45, 7) is 0. The van der Waals surface area contributed by atoms with E-state index >= 15 is 0 Å². The molecule has 4 nitrogen and oxygen atoms in total. The van der Waals surface area contributed by atoms with Crippen LogP contribution in [0, 0.1) is 0 Å². The number of rotatable bonds is 3. The average Bonchev–Trinajstić information content (AvgIpc) is 2.18. The van der Waals surface area contributed by atoms with Crippen molar-refractivity contribution in [2.24, 2.45) is 5.73 Å². The highest BCUT2D eigenvalue weighted by Gasteiger charge is 1.95. The van der Waals surface area contributed by atoms with Gasteiger partial charge >= 0.3 is 0 Å². The first-order valence-electron chi connectivity index (χ1n) is 4.51. The number of thiocarbonyl (C=S) groups is 1. The molecule has 0 aliphatic heterocycles. The Morgan fingerprint density at radius 3 is 2.47 bits per heavy atom. The van der Waals surface area contributed by atoms with Crippen LogP contribution in [0.5, 0.6) is 0 Å². The van der Waals surface area contributed by atoms with E-state index in [0.717, 1.165) is 11.3 Å². The van der Waals surface area contributed by atoms with Crippen LogP contribution >= 0.6 is 12.2 Å². The molecule has 0 atom stereocenters. The van der Waals surface area contributed by atoms with Gasteiger partial charge in [-0.2, -0.15) is 0 Å². The van der Waals surface area contributed by atoms with Crippen molar-refractivity contribution < 1.29 is 5.10 Å². The summed E-state index contributed by atoms with van der Waals surface area (Å²) in [6, 6.07) is 8.08. The fraction of sp³-hybridized carbons (Fsp3) is 0.200. The average molecular weight is 223 g/mol. The van der Waals surface area contributed by atoms with Gasteiger partial charge in [0.05, 0.1) is 0 Å². The highest BCUT2D eigenvalue weighted by atomic mass is 32.1. The van der Waals surface area contributed by atoms with E-state index in [1.807, 2.05) is 43.3 Å². The molecule has 0 amide bonds. The Bertz CT molecular complexity index is 356. The van der Waals surface area contributed by atoms with Crippen molar-refractivity contribution in [1.82, 2.24) is 5.43 Å². The van der Waals surface area contributed by atoms with Crippen molar-refractivity contribution in [3.63, 3.8) is 0 Å². The molecule has 1 rings (SSSR count). The zero-order valence-corrected chi connectivity index (χ0v) is 9.64. The van der Waals surface area contributed by atoms with Gasteiger partial charge in [0.1, 0.15) is 0 Å². The van der Waals surface area contributed by atoms with Gasteiger partial charge < -0.3 is 10.6 Å². The summed E-state index contributed by atoms with van der Waals surface area (Å²) in [6.07, 6.45) is 1.79. The fourth-order valence-electron chi connectivity index (χ4n) is 1.06. The van der Waals surface area contributed by atoms with Crippen molar-refractivity contribution in [3.8, 4) is 0 Å². The Balaban J connectivity index is 2.64. The van der Waals surface area contributed by atoms with Gasteiger partial charge in [0.2, 0.25) is 5.11 Å². The van der Waals surface area contributed by atoms with E-state index in [0.29, 0.717) is 0 Å². The maximum Gasteiger partial charge on any atom is 0.221 e. The lowest BCUT2D eigenvalue weighted by Gasteiger charge is -2.11. The highest BCUT2D eigenvalue weighted by molar-refractivity contribution is 7.80. The number of hydrogen-bond donors (Lipinski definition) is 3. The van der Waals surface area contributed by atoms with Gasteiger partial charge in [0, 0.05) is 25.3 Å². The van der Waals surface area contributed by atoms with Crippen molar-refractivity contribution in [2.45, 2.75) is 0 Å². The zero-order chi connectivity index (χ0) is 11.3. The summed E-state index contributed by atoms with van der Waals surface area (Å²) >= 11 is 4.64. The van der Waals surface area contributed by atoms with Crippen LogP contribution in [0.1, 0.15) is 5.56 Å². The van der Waals surface area contributed by atoms with Crippen LogP contribution < -0.4 is 21.2 Å². The number of hydrazine groups is 1. The van der Waals surface area contributed by atoms with Crippen LogP contribution in [0.15, 0.2) is 24.3 Å². The first-order valence-corrected chi connectivity index (χ1v) is 4.92. The van der Waals surface area contributed by atoms with E-state index in [9.17, 15) is 0 Å². The second-order valence-corrected chi connectivity index (χ2v) is 3.70. The molecule has 0 saturated carbocycles. The Morgan fingerprint density at radius 2 is 2.00 bits per heavy atom. The molecule has 4 N–H and O–H groups in total. The van der Waals surface area contributed by atoms with Crippen molar-refractivity contribution in [3.05, 3.63) is 29.8 Å². The third-order valence-corrected chi connectivity index (χ3v) is 1.95. The number of nitrogens with one attached hydrogen (secondary N) is 2. The topological polar surface area (TPSA) is 55.3 Å². The third kappa shape index (κ3) is 3.95. The summed E-state index contributed by atoms with van der Waals surface area (Å²) in [4.78, 5) is 2.05. The van der Waals surface area contributed by atoms with Gasteiger partial charge in [0.25, 0.3) is 0 Å². The van der Waals surface area contributed by atoms with Gasteiger partial charge in [-0.05, 0) is 36.5 Å². The molecule has 15 heavy (non-hydrogen) atoms. The molecule has 0 aromatic heterocycles. The lowest BCUT2D eigenvalue weighted by Crippen LogP contribution is -2.82. The van der Waals surface area contributed by atoms with E-state index in [-0.39, 0.29) is 5.11 Å². The van der Waals surface area contributed by atoms with Crippen molar-refractivity contribution in [1.29, 1.82) is 0 Å². The Kier molecular flexibility index (Phi) is 4.05. The second-order valence-electron chi connectivity index (χ2n) is 3.26. The molecular weight excluding hydrogens is 208 g/mol. The molecule has 0 aliphatic rings. The molecule has 1 aromatic rings. The maximum absolute atomic E-state index is 5.25. The van der Waals surface area contributed by atoms with Crippen molar-refractivity contribution in [2.75, 3.05) is 19.0 Å². The monoisotopic (exact) mass is 223 g/mol. The lowest BCUT2D eigenvalue weighted by molar-refractivity contribution is -0.499. The van der Waals surface area contributed by atoms with E-state index in [1.54, 1.807) is 6.21 Å². The molecule has 1 aromatic carbocycles. The Hall–Kier alpha value is -1.62. The van der Waals surface area contributed by atoms with Gasteiger partial charge in [-0.25, -0.2) is 0 Å². The molecule has 0 bridgehead atoms. The molecule has 0 aliphatic carbocycles. The van der Waals surface area contributed by atoms with Gasteiger partial charge in [0.15, 0.2) is 6.21 Å². The van der Waals surface area contributed by atoms with Gasteiger partial charge in [-0.3, -0.25) is 0 Å². The first kappa shape index (κ1) is 11.5. The van der Waals surface area contributed by atoms with Crippen molar-refractivity contribution >= 4 is 29.2 Å². The lowest BCUT2D eigenvalue weighted by atomic mass is 10.2. The molecule has 80 valence electrons. The number of nitrogens with zero attached hydrogens (tertiary/aromatic N) is 1. The normalized spacial score (nSPS) is 10.3. The molecule has 0 heterocycles. The fourth-order valence-corrected chi connectivity index (χ4v) is 1.12. The van der Waals surface area contributed by atoms with Crippen LogP contribution in [-0.2, 0) is 0 Å². The SMILES string of the molecule is CN(C)c1ccc(C=[NH+]NC(N)=S)cc1. The second kappa shape index (κ2) is 5.31. The quantitative estimate of drug-likeness (QED) is 0.349. The minimum atomic E-state index is 0.219. The maximum atomic E-state index is 5.25. The van der Waals surface area contributed by atoms with Crippen LogP contribution in [0.4, 0.5) is 5.69 Å². The van der Waals surface area contributed by atoms with Crippen LogP contribution in [0.3, 0.4) is 0 Å². The largest absolute Gasteiger partial charge is 0.378 e. The minimum Gasteiger partial charge on any atom is -0.378 e. The molecule has 0 spiro atoms. The highest BCUT2D eigenvalue weighted by Crippen LogP contribution is 2.10. The molecule has 5 heteroatoms. The molecule has 0 unspecified atom stereocenters. The zero-order valence-electron chi connectivity index (χ0n) is 8.82. The number of hydrogen-bond acceptors (Lipinski definition) is 2. The molecule has 0 saturated heterocycles. The predicted molar refractivity (Wildman–Crippen MR) is 66.8 cm³/mol. The number of anilines is 1. The number of nitrogens with two attached hydrogens (primary N) is 1. The number of benzene rings is 1. The standard InChI is InChI=1S/C10H14N4S/c1-14(2)9-5-3-8(4-6-9)7-12-13-10(11)15/h3-7H,1-2H3,(H3,11,13,15)/p+1. The summed E-state index contributed by atoms with van der Waals surface area (Å²) < 4.78 is 0. The Labute approximate surface area is 94.8 Å². The summed E-state index contributed by atoms with van der Waals surface area (Å²) in [7, 11) is 4.01. The smallest absolute Gasteiger partial charge is 0.221 e. The number of hydrazone groups is 1. The summed E-state index contributed by atoms with van der Waals surface area (Å²) in [5.74, 6) is 0. The van der Waals surface area contributed by atoms with Crippen LogP contribution in [0.2, 0.25) is 0 Å². The molecular formula is C10H15N4S+. The summed E-state index contributed by atoms with van der Waals surface area (Å²) in [5.41, 5.74) is 10.1. The molecule has 0 fully saturated rings. The summed E-state index contributed by atoms with van der Waals surface area (Å²) in [5, 5.41) is 3.01. The third-order valence-electron chi connectivity index (χ3n) is 1.84.